The maximum Gasteiger partial charge on any atom is 0.254 e. The minimum atomic E-state index is -0.823. The molecule has 0 spiro atoms. The van der Waals surface area contributed by atoms with Crippen molar-refractivity contribution in [1.82, 2.24) is 10.3 Å². The summed E-state index contributed by atoms with van der Waals surface area (Å²) in [6.45, 7) is 1.94. The van der Waals surface area contributed by atoms with Gasteiger partial charge in [0.05, 0.1) is 21.7 Å². The highest BCUT2D eigenvalue weighted by Gasteiger charge is 2.17. The molecule has 1 heterocycles. The predicted octanol–water partition coefficient (Wildman–Crippen LogP) is 3.92. The van der Waals surface area contributed by atoms with Crippen molar-refractivity contribution in [3.63, 3.8) is 0 Å². The molecule has 0 saturated heterocycles. The number of nitrogens with one attached hydrogen (secondary N) is 1. The molecule has 0 bridgehead atoms. The van der Waals surface area contributed by atoms with Gasteiger partial charge in [-0.3, -0.25) is 9.78 Å². The quantitative estimate of drug-likeness (QED) is 0.813. The Bertz CT molecular complexity index is 690. The van der Waals surface area contributed by atoms with Gasteiger partial charge < -0.3 is 10.4 Å². The van der Waals surface area contributed by atoms with Crippen LogP contribution in [0.4, 0.5) is 0 Å². The number of aliphatic hydroxyl groups excluding tert-OH is 1. The Morgan fingerprint density at radius 3 is 2.59 bits per heavy atom. The number of carbonyl (C=O) groups is 1. The van der Waals surface area contributed by atoms with Crippen LogP contribution in [0.1, 0.15) is 27.6 Å². The summed E-state index contributed by atoms with van der Waals surface area (Å²) in [6.07, 6.45) is 1.87. The molecule has 7 heteroatoms. The molecule has 116 valence electrons. The van der Waals surface area contributed by atoms with Crippen LogP contribution in [0.3, 0.4) is 0 Å². The van der Waals surface area contributed by atoms with E-state index in [2.05, 4.69) is 26.2 Å². The molecule has 4 nitrogen and oxygen atoms in total. The van der Waals surface area contributed by atoms with Gasteiger partial charge in [0.1, 0.15) is 0 Å². The highest BCUT2D eigenvalue weighted by Crippen LogP contribution is 2.24. The van der Waals surface area contributed by atoms with Crippen LogP contribution in [0.2, 0.25) is 10.0 Å². The first-order valence-corrected chi connectivity index (χ1v) is 7.96. The van der Waals surface area contributed by atoms with Crippen LogP contribution in [0.15, 0.2) is 35.1 Å². The molecule has 0 fully saturated rings. The molecule has 0 saturated carbocycles. The minimum Gasteiger partial charge on any atom is -0.387 e. The first-order chi connectivity index (χ1) is 10.4. The number of aromatic nitrogens is 1. The van der Waals surface area contributed by atoms with Gasteiger partial charge in [0.15, 0.2) is 0 Å². The molecule has 1 unspecified atom stereocenters. The normalized spacial score (nSPS) is 12.0. The van der Waals surface area contributed by atoms with Crippen molar-refractivity contribution in [2.24, 2.45) is 0 Å². The van der Waals surface area contributed by atoms with Crippen LogP contribution in [0, 0.1) is 6.92 Å². The van der Waals surface area contributed by atoms with Gasteiger partial charge in [-0.2, -0.15) is 0 Å². The zero-order valence-corrected chi connectivity index (χ0v) is 14.7. The van der Waals surface area contributed by atoms with Crippen LogP contribution < -0.4 is 5.32 Å². The molecule has 0 aliphatic heterocycles. The van der Waals surface area contributed by atoms with Crippen molar-refractivity contribution < 1.29 is 9.90 Å². The van der Waals surface area contributed by atoms with E-state index in [0.29, 0.717) is 0 Å². The largest absolute Gasteiger partial charge is 0.387 e. The lowest BCUT2D eigenvalue weighted by Gasteiger charge is -2.15. The second-order valence-corrected chi connectivity index (χ2v) is 6.43. The smallest absolute Gasteiger partial charge is 0.254 e. The number of hydrogen-bond acceptors (Lipinski definition) is 3. The molecule has 2 rings (SSSR count). The maximum atomic E-state index is 12.1. The molecule has 1 amide bonds. The lowest BCUT2D eigenvalue weighted by Crippen LogP contribution is -2.29. The van der Waals surface area contributed by atoms with Crippen molar-refractivity contribution in [2.45, 2.75) is 13.0 Å². The number of rotatable bonds is 4. The van der Waals surface area contributed by atoms with Crippen molar-refractivity contribution in [2.75, 3.05) is 6.54 Å². The van der Waals surface area contributed by atoms with Crippen LogP contribution in [-0.2, 0) is 0 Å². The van der Waals surface area contributed by atoms with Crippen LogP contribution >= 0.6 is 39.1 Å². The number of hydrogen-bond donors (Lipinski definition) is 2. The SMILES string of the molecule is Cc1cc(Br)ccc1C(O)CNC(=O)c1c(Cl)cncc1Cl. The molecular formula is C15H13BrCl2N2O2. The van der Waals surface area contributed by atoms with Crippen molar-refractivity contribution in [1.29, 1.82) is 0 Å². The molecule has 2 N–H and O–H groups in total. The average Bonchev–Trinajstić information content (AvgIpc) is 2.44. The standard InChI is InChI=1S/C15H13BrCl2N2O2/c1-8-4-9(16)2-3-10(8)13(21)7-20-15(22)14-11(17)5-19-6-12(14)18/h2-6,13,21H,7H2,1H3,(H,20,22). The number of amides is 1. The first kappa shape index (κ1) is 17.2. The number of nitrogens with zero attached hydrogens (tertiary/aromatic N) is 1. The Morgan fingerprint density at radius 1 is 1.36 bits per heavy atom. The van der Waals surface area contributed by atoms with E-state index in [4.69, 9.17) is 23.2 Å². The van der Waals surface area contributed by atoms with E-state index in [1.54, 1.807) is 0 Å². The van der Waals surface area contributed by atoms with Gasteiger partial charge >= 0.3 is 0 Å². The van der Waals surface area contributed by atoms with Crippen molar-refractivity contribution in [3.8, 4) is 0 Å². The summed E-state index contributed by atoms with van der Waals surface area (Å²) in [4.78, 5) is 15.9. The van der Waals surface area contributed by atoms with E-state index >= 15 is 0 Å². The zero-order chi connectivity index (χ0) is 16.3. The number of aliphatic hydroxyl groups is 1. The van der Waals surface area contributed by atoms with Crippen LogP contribution in [0.25, 0.3) is 0 Å². The minimum absolute atomic E-state index is 0.0519. The van der Waals surface area contributed by atoms with E-state index in [0.717, 1.165) is 15.6 Å². The lowest BCUT2D eigenvalue weighted by molar-refractivity contribution is 0.0916. The van der Waals surface area contributed by atoms with Gasteiger partial charge in [-0.15, -0.1) is 0 Å². The second kappa shape index (κ2) is 7.42. The fourth-order valence-corrected chi connectivity index (χ4v) is 3.04. The van der Waals surface area contributed by atoms with Crippen LogP contribution in [-0.4, -0.2) is 22.5 Å². The summed E-state index contributed by atoms with van der Waals surface area (Å²) in [5.74, 6) is -0.453. The molecule has 1 atom stereocenters. The molecule has 1 aromatic carbocycles. The Kier molecular flexibility index (Phi) is 5.81. The molecular weight excluding hydrogens is 391 g/mol. The van der Waals surface area contributed by atoms with Crippen LogP contribution in [0.5, 0.6) is 0 Å². The van der Waals surface area contributed by atoms with E-state index in [1.165, 1.54) is 12.4 Å². The molecule has 2 aromatic rings. The summed E-state index contributed by atoms with van der Waals surface area (Å²) in [7, 11) is 0. The topological polar surface area (TPSA) is 62.2 Å². The number of aryl methyl sites for hydroxylation is 1. The summed E-state index contributed by atoms with van der Waals surface area (Å²) in [5, 5.41) is 13.2. The third-order valence-corrected chi connectivity index (χ3v) is 4.19. The maximum absolute atomic E-state index is 12.1. The van der Waals surface area contributed by atoms with Gasteiger partial charge in [0, 0.05) is 23.4 Å². The molecule has 0 aliphatic rings. The summed E-state index contributed by atoms with van der Waals surface area (Å²) in [5.41, 5.74) is 1.82. The molecule has 22 heavy (non-hydrogen) atoms. The van der Waals surface area contributed by atoms with Crippen molar-refractivity contribution >= 4 is 45.0 Å². The van der Waals surface area contributed by atoms with E-state index in [9.17, 15) is 9.90 Å². The Labute approximate surface area is 146 Å². The summed E-state index contributed by atoms with van der Waals surface area (Å²) in [6, 6.07) is 5.55. The van der Waals surface area contributed by atoms with Gasteiger partial charge in [-0.05, 0) is 30.2 Å². The van der Waals surface area contributed by atoms with Gasteiger partial charge in [-0.1, -0.05) is 45.2 Å². The highest BCUT2D eigenvalue weighted by atomic mass is 79.9. The molecule has 1 aromatic heterocycles. The van der Waals surface area contributed by atoms with Crippen molar-refractivity contribution in [3.05, 3.63) is 61.8 Å². The highest BCUT2D eigenvalue weighted by molar-refractivity contribution is 9.10. The zero-order valence-electron chi connectivity index (χ0n) is 11.6. The second-order valence-electron chi connectivity index (χ2n) is 4.70. The monoisotopic (exact) mass is 402 g/mol. The third-order valence-electron chi connectivity index (χ3n) is 3.13. The Hall–Kier alpha value is -1.14. The fourth-order valence-electron chi connectivity index (χ4n) is 2.03. The number of halogens is 3. The summed E-state index contributed by atoms with van der Waals surface area (Å²) < 4.78 is 0.931. The Balaban J connectivity index is 2.08. The third kappa shape index (κ3) is 3.98. The van der Waals surface area contributed by atoms with Gasteiger partial charge in [0.2, 0.25) is 0 Å². The molecule has 0 aliphatic carbocycles. The van der Waals surface area contributed by atoms with E-state index in [1.807, 2.05) is 25.1 Å². The van der Waals surface area contributed by atoms with E-state index in [-0.39, 0.29) is 22.2 Å². The average molecular weight is 404 g/mol. The number of benzene rings is 1. The van der Waals surface area contributed by atoms with Gasteiger partial charge in [-0.25, -0.2) is 0 Å². The fraction of sp³-hybridized carbons (Fsp3) is 0.200. The summed E-state index contributed by atoms with van der Waals surface area (Å²) >= 11 is 15.2. The predicted molar refractivity (Wildman–Crippen MR) is 90.4 cm³/mol. The first-order valence-electron chi connectivity index (χ1n) is 6.41. The molecule has 0 radical (unpaired) electrons. The Morgan fingerprint density at radius 2 is 2.00 bits per heavy atom. The van der Waals surface area contributed by atoms with Gasteiger partial charge in [0.25, 0.3) is 5.91 Å². The lowest BCUT2D eigenvalue weighted by atomic mass is 10.0. The number of carbonyl (C=O) groups excluding carboxylic acids is 1. The van der Waals surface area contributed by atoms with E-state index < -0.39 is 12.0 Å². The number of pyridine rings is 1.